The fraction of sp³-hybridized carbons (Fsp3) is 0.412. The van der Waals surface area contributed by atoms with Crippen LogP contribution in [0.2, 0.25) is 0 Å². The lowest BCUT2D eigenvalue weighted by atomic mass is 10.1. The van der Waals surface area contributed by atoms with Gasteiger partial charge in [0.15, 0.2) is 5.96 Å². The van der Waals surface area contributed by atoms with Crippen molar-refractivity contribution >= 4 is 41.3 Å². The minimum absolute atomic E-state index is 0. The van der Waals surface area contributed by atoms with Crippen LogP contribution in [0.5, 0.6) is 0 Å². The first-order chi connectivity index (χ1) is 10.7. The summed E-state index contributed by atoms with van der Waals surface area (Å²) in [6.07, 6.45) is 0. The molecule has 0 bridgehead atoms. The molecule has 0 saturated carbocycles. The highest BCUT2D eigenvalue weighted by atomic mass is 127. The van der Waals surface area contributed by atoms with Crippen LogP contribution < -0.4 is 10.6 Å². The van der Waals surface area contributed by atoms with E-state index in [0.29, 0.717) is 12.5 Å². The molecule has 2 aromatic rings. The molecule has 23 heavy (non-hydrogen) atoms. The summed E-state index contributed by atoms with van der Waals surface area (Å²) in [5, 5.41) is 8.81. The van der Waals surface area contributed by atoms with Gasteiger partial charge < -0.3 is 10.6 Å². The van der Waals surface area contributed by atoms with Gasteiger partial charge in [0.2, 0.25) is 0 Å². The second-order valence-electron chi connectivity index (χ2n) is 5.26. The van der Waals surface area contributed by atoms with Crippen molar-refractivity contribution in [3.8, 4) is 0 Å². The fourth-order valence-electron chi connectivity index (χ4n) is 2.11. The van der Waals surface area contributed by atoms with E-state index in [1.165, 1.54) is 4.88 Å². The van der Waals surface area contributed by atoms with E-state index in [9.17, 15) is 0 Å². The number of nitrogens with one attached hydrogen (secondary N) is 2. The number of thiophene rings is 1. The number of hydrogen-bond donors (Lipinski definition) is 2. The Labute approximate surface area is 159 Å². The van der Waals surface area contributed by atoms with E-state index in [1.807, 2.05) is 25.1 Å². The van der Waals surface area contributed by atoms with Crippen molar-refractivity contribution in [3.63, 3.8) is 0 Å². The molecule has 0 aliphatic heterocycles. The average molecular weight is 444 g/mol. The first-order valence-electron chi connectivity index (χ1n) is 7.67. The fourth-order valence-corrected chi connectivity index (χ4v) is 2.90. The molecular weight excluding hydrogens is 419 g/mol. The molecule has 2 aromatic heterocycles. The predicted molar refractivity (Wildman–Crippen MR) is 110 cm³/mol. The number of aryl methyl sites for hydroxylation is 1. The summed E-state index contributed by atoms with van der Waals surface area (Å²) in [4.78, 5) is 10.5. The van der Waals surface area contributed by atoms with Crippen LogP contribution in [0.25, 0.3) is 0 Å². The minimum Gasteiger partial charge on any atom is -0.357 e. The summed E-state index contributed by atoms with van der Waals surface area (Å²) in [7, 11) is 0. The Hall–Kier alpha value is -1.15. The molecule has 6 heteroatoms. The summed E-state index contributed by atoms with van der Waals surface area (Å²) >= 11 is 1.80. The topological polar surface area (TPSA) is 49.3 Å². The zero-order chi connectivity index (χ0) is 15.8. The Balaban J connectivity index is 0.00000264. The molecule has 0 radical (unpaired) electrons. The number of pyridine rings is 1. The standard InChI is InChI=1S/C17H24N4S.HI/c1-4-18-17(19-11-13(2)16-9-6-10-22-16)20-12-15-8-5-7-14(3)21-15;/h5-10,13H,4,11-12H2,1-3H3,(H2,18,19,20);1H. The van der Waals surface area contributed by atoms with Gasteiger partial charge in [-0.15, -0.1) is 35.3 Å². The highest BCUT2D eigenvalue weighted by molar-refractivity contribution is 14.0. The molecule has 2 heterocycles. The zero-order valence-electron chi connectivity index (χ0n) is 13.9. The number of aliphatic imine (C=N–C) groups is 1. The Kier molecular flexibility index (Phi) is 9.16. The van der Waals surface area contributed by atoms with Crippen molar-refractivity contribution < 1.29 is 0 Å². The average Bonchev–Trinajstić information content (AvgIpc) is 3.04. The maximum absolute atomic E-state index is 4.61. The van der Waals surface area contributed by atoms with Gasteiger partial charge in [0.1, 0.15) is 0 Å². The highest BCUT2D eigenvalue weighted by Gasteiger charge is 2.07. The summed E-state index contributed by atoms with van der Waals surface area (Å²) < 4.78 is 0. The van der Waals surface area contributed by atoms with E-state index >= 15 is 0 Å². The van der Waals surface area contributed by atoms with Gasteiger partial charge >= 0.3 is 0 Å². The van der Waals surface area contributed by atoms with Crippen molar-refractivity contribution in [3.05, 3.63) is 52.0 Å². The Morgan fingerprint density at radius 1 is 1.26 bits per heavy atom. The van der Waals surface area contributed by atoms with Crippen LogP contribution in [0, 0.1) is 6.92 Å². The maximum Gasteiger partial charge on any atom is 0.191 e. The van der Waals surface area contributed by atoms with Crippen LogP contribution in [-0.4, -0.2) is 24.0 Å². The van der Waals surface area contributed by atoms with Crippen LogP contribution in [-0.2, 0) is 6.54 Å². The van der Waals surface area contributed by atoms with Crippen LogP contribution in [0.15, 0.2) is 40.7 Å². The van der Waals surface area contributed by atoms with Gasteiger partial charge in [0, 0.05) is 29.6 Å². The Bertz CT molecular complexity index is 598. The van der Waals surface area contributed by atoms with Gasteiger partial charge in [0.05, 0.1) is 12.2 Å². The van der Waals surface area contributed by atoms with E-state index in [2.05, 4.69) is 52.0 Å². The van der Waals surface area contributed by atoms with Crippen LogP contribution in [0.3, 0.4) is 0 Å². The molecule has 0 aliphatic carbocycles. The molecular formula is C17H25IN4S. The third-order valence-corrected chi connectivity index (χ3v) is 4.40. The molecule has 0 aliphatic rings. The molecule has 2 N–H and O–H groups in total. The van der Waals surface area contributed by atoms with Crippen molar-refractivity contribution in [1.82, 2.24) is 15.6 Å². The van der Waals surface area contributed by atoms with E-state index in [-0.39, 0.29) is 24.0 Å². The van der Waals surface area contributed by atoms with E-state index in [4.69, 9.17) is 0 Å². The predicted octanol–water partition coefficient (Wildman–Crippen LogP) is 3.93. The third-order valence-electron chi connectivity index (χ3n) is 3.29. The number of rotatable bonds is 6. The van der Waals surface area contributed by atoms with Gasteiger partial charge in [-0.1, -0.05) is 19.1 Å². The molecule has 0 fully saturated rings. The van der Waals surface area contributed by atoms with Crippen molar-refractivity contribution in [1.29, 1.82) is 0 Å². The van der Waals surface area contributed by atoms with E-state index < -0.39 is 0 Å². The Morgan fingerprint density at radius 2 is 2.09 bits per heavy atom. The summed E-state index contributed by atoms with van der Waals surface area (Å²) in [5.41, 5.74) is 2.01. The molecule has 1 unspecified atom stereocenters. The second kappa shape index (κ2) is 10.6. The summed E-state index contributed by atoms with van der Waals surface area (Å²) in [5.74, 6) is 1.31. The van der Waals surface area contributed by atoms with Gasteiger partial charge in [-0.05, 0) is 37.4 Å². The van der Waals surface area contributed by atoms with Crippen LogP contribution in [0.1, 0.15) is 36.0 Å². The van der Waals surface area contributed by atoms with Gasteiger partial charge in [-0.2, -0.15) is 0 Å². The first kappa shape index (κ1) is 19.9. The van der Waals surface area contributed by atoms with Crippen molar-refractivity contribution in [2.24, 2.45) is 4.99 Å². The lowest BCUT2D eigenvalue weighted by Gasteiger charge is -2.15. The van der Waals surface area contributed by atoms with E-state index in [0.717, 1.165) is 30.4 Å². The largest absolute Gasteiger partial charge is 0.357 e. The molecule has 0 amide bonds. The summed E-state index contributed by atoms with van der Waals surface area (Å²) in [6.45, 7) is 8.60. The molecule has 1 atom stereocenters. The van der Waals surface area contributed by atoms with Crippen molar-refractivity contribution in [2.45, 2.75) is 33.2 Å². The van der Waals surface area contributed by atoms with Gasteiger partial charge in [0.25, 0.3) is 0 Å². The molecule has 0 aromatic carbocycles. The van der Waals surface area contributed by atoms with Gasteiger partial charge in [-0.3, -0.25) is 4.98 Å². The molecule has 126 valence electrons. The normalized spacial score (nSPS) is 12.4. The number of halogens is 1. The monoisotopic (exact) mass is 444 g/mol. The number of nitrogens with zero attached hydrogens (tertiary/aromatic N) is 2. The lowest BCUT2D eigenvalue weighted by Crippen LogP contribution is -2.39. The second-order valence-corrected chi connectivity index (χ2v) is 6.24. The molecule has 0 saturated heterocycles. The SMILES string of the molecule is CCNC(=NCc1cccc(C)n1)NCC(C)c1cccs1.I. The van der Waals surface area contributed by atoms with Crippen LogP contribution >= 0.6 is 35.3 Å². The number of hydrogen-bond acceptors (Lipinski definition) is 3. The lowest BCUT2D eigenvalue weighted by molar-refractivity contribution is 0.708. The Morgan fingerprint density at radius 3 is 2.74 bits per heavy atom. The number of guanidine groups is 1. The number of aromatic nitrogens is 1. The highest BCUT2D eigenvalue weighted by Crippen LogP contribution is 2.19. The zero-order valence-corrected chi connectivity index (χ0v) is 17.0. The van der Waals surface area contributed by atoms with Gasteiger partial charge in [-0.25, -0.2) is 4.99 Å². The molecule has 0 spiro atoms. The molecule has 2 rings (SSSR count). The minimum atomic E-state index is 0. The molecule has 4 nitrogen and oxygen atoms in total. The summed E-state index contributed by atoms with van der Waals surface area (Å²) in [6, 6.07) is 10.3. The first-order valence-corrected chi connectivity index (χ1v) is 8.55. The maximum atomic E-state index is 4.61. The van der Waals surface area contributed by atoms with Crippen LogP contribution in [0.4, 0.5) is 0 Å². The third kappa shape index (κ3) is 6.87. The smallest absolute Gasteiger partial charge is 0.191 e. The van der Waals surface area contributed by atoms with Crippen molar-refractivity contribution in [2.75, 3.05) is 13.1 Å². The van der Waals surface area contributed by atoms with E-state index in [1.54, 1.807) is 11.3 Å². The quantitative estimate of drug-likeness (QED) is 0.403.